The first-order chi connectivity index (χ1) is 10.2. The van der Waals surface area contributed by atoms with Crippen LogP contribution in [-0.2, 0) is 13.6 Å². The topological polar surface area (TPSA) is 60.0 Å². The molecule has 0 amide bonds. The van der Waals surface area contributed by atoms with Gasteiger partial charge in [0.1, 0.15) is 0 Å². The minimum absolute atomic E-state index is 0.0935. The molecule has 0 fully saturated rings. The largest absolute Gasteiger partial charge is 0.326 e. The Kier molecular flexibility index (Phi) is 5.47. The minimum Gasteiger partial charge on any atom is -0.326 e. The van der Waals surface area contributed by atoms with Crippen molar-refractivity contribution in [2.24, 2.45) is 12.8 Å². The minimum atomic E-state index is 0.0935. The van der Waals surface area contributed by atoms with Gasteiger partial charge >= 0.3 is 0 Å². The zero-order valence-electron chi connectivity index (χ0n) is 13.1. The van der Waals surface area contributed by atoms with Gasteiger partial charge in [0, 0.05) is 43.8 Å². The van der Waals surface area contributed by atoms with E-state index < -0.39 is 0 Å². The maximum absolute atomic E-state index is 6.40. The SMILES string of the molecule is CCC(N)C(c1cnn(C)c1)N(CC)Cc1ccncc1. The third kappa shape index (κ3) is 3.89. The number of likely N-dealkylation sites (N-methyl/N-ethyl adjacent to an activating group) is 1. The summed E-state index contributed by atoms with van der Waals surface area (Å²) in [5.41, 5.74) is 8.83. The van der Waals surface area contributed by atoms with Crippen LogP contribution in [0.25, 0.3) is 0 Å². The van der Waals surface area contributed by atoms with Gasteiger partial charge in [0.2, 0.25) is 0 Å². The Bertz CT molecular complexity index is 537. The van der Waals surface area contributed by atoms with Crippen LogP contribution in [0.3, 0.4) is 0 Å². The average molecular weight is 287 g/mol. The maximum atomic E-state index is 6.40. The third-order valence-corrected chi connectivity index (χ3v) is 3.88. The fourth-order valence-electron chi connectivity index (χ4n) is 2.67. The highest BCUT2D eigenvalue weighted by Gasteiger charge is 2.26. The molecule has 2 heterocycles. The van der Waals surface area contributed by atoms with Crippen molar-refractivity contribution in [3.8, 4) is 0 Å². The first kappa shape index (κ1) is 15.7. The lowest BCUT2D eigenvalue weighted by Gasteiger charge is -2.34. The summed E-state index contributed by atoms with van der Waals surface area (Å²) in [6.45, 7) is 6.11. The molecule has 2 aromatic heterocycles. The monoisotopic (exact) mass is 287 g/mol. The zero-order valence-corrected chi connectivity index (χ0v) is 13.1. The van der Waals surface area contributed by atoms with Crippen molar-refractivity contribution in [2.75, 3.05) is 6.54 Å². The lowest BCUT2D eigenvalue weighted by Crippen LogP contribution is -2.40. The summed E-state index contributed by atoms with van der Waals surface area (Å²) in [7, 11) is 1.94. The van der Waals surface area contributed by atoms with E-state index in [0.29, 0.717) is 0 Å². The first-order valence-corrected chi connectivity index (χ1v) is 7.52. The van der Waals surface area contributed by atoms with E-state index in [0.717, 1.165) is 19.5 Å². The van der Waals surface area contributed by atoms with Crippen LogP contribution in [0.1, 0.15) is 37.4 Å². The molecule has 2 rings (SSSR count). The van der Waals surface area contributed by atoms with E-state index in [1.165, 1.54) is 11.1 Å². The Morgan fingerprint density at radius 1 is 1.29 bits per heavy atom. The Morgan fingerprint density at radius 3 is 2.52 bits per heavy atom. The van der Waals surface area contributed by atoms with Crippen molar-refractivity contribution in [3.05, 3.63) is 48.0 Å². The molecule has 2 aromatic rings. The molecular weight excluding hydrogens is 262 g/mol. The van der Waals surface area contributed by atoms with Crippen LogP contribution >= 0.6 is 0 Å². The van der Waals surface area contributed by atoms with E-state index in [1.807, 2.05) is 30.3 Å². The smallest absolute Gasteiger partial charge is 0.0538 e. The molecule has 5 heteroatoms. The molecule has 2 N–H and O–H groups in total. The Morgan fingerprint density at radius 2 is 2.00 bits per heavy atom. The molecule has 2 atom stereocenters. The number of hydrogen-bond acceptors (Lipinski definition) is 4. The summed E-state index contributed by atoms with van der Waals surface area (Å²) in [5, 5.41) is 4.30. The van der Waals surface area contributed by atoms with Crippen LogP contribution in [0.4, 0.5) is 0 Å². The van der Waals surface area contributed by atoms with Gasteiger partial charge in [0.25, 0.3) is 0 Å². The van der Waals surface area contributed by atoms with Gasteiger partial charge in [-0.05, 0) is 30.7 Å². The van der Waals surface area contributed by atoms with Gasteiger partial charge in [0.15, 0.2) is 0 Å². The fraction of sp³-hybridized carbons (Fsp3) is 0.500. The number of hydrogen-bond donors (Lipinski definition) is 1. The molecule has 0 saturated heterocycles. The van der Waals surface area contributed by atoms with Gasteiger partial charge in [-0.2, -0.15) is 5.10 Å². The van der Waals surface area contributed by atoms with E-state index in [-0.39, 0.29) is 12.1 Å². The second-order valence-electron chi connectivity index (χ2n) is 5.38. The maximum Gasteiger partial charge on any atom is 0.0538 e. The van der Waals surface area contributed by atoms with E-state index in [9.17, 15) is 0 Å². The van der Waals surface area contributed by atoms with Crippen LogP contribution in [-0.4, -0.2) is 32.3 Å². The number of nitrogens with two attached hydrogens (primary N) is 1. The third-order valence-electron chi connectivity index (χ3n) is 3.88. The van der Waals surface area contributed by atoms with Crippen LogP contribution in [0, 0.1) is 0 Å². The highest BCUT2D eigenvalue weighted by molar-refractivity contribution is 5.16. The lowest BCUT2D eigenvalue weighted by molar-refractivity contribution is 0.169. The summed E-state index contributed by atoms with van der Waals surface area (Å²) in [5.74, 6) is 0. The van der Waals surface area contributed by atoms with Crippen LogP contribution in [0.15, 0.2) is 36.9 Å². The van der Waals surface area contributed by atoms with Crippen LogP contribution in [0.5, 0.6) is 0 Å². The highest BCUT2D eigenvalue weighted by Crippen LogP contribution is 2.26. The molecule has 0 bridgehead atoms. The zero-order chi connectivity index (χ0) is 15.2. The molecule has 0 aliphatic heterocycles. The Balaban J connectivity index is 2.25. The number of pyridine rings is 1. The fourth-order valence-corrected chi connectivity index (χ4v) is 2.67. The molecule has 2 unspecified atom stereocenters. The molecule has 0 aliphatic rings. The van der Waals surface area contributed by atoms with Crippen molar-refractivity contribution in [3.63, 3.8) is 0 Å². The molecule has 0 aromatic carbocycles. The van der Waals surface area contributed by atoms with Crippen molar-refractivity contribution < 1.29 is 0 Å². The molecule has 21 heavy (non-hydrogen) atoms. The molecule has 0 spiro atoms. The second kappa shape index (κ2) is 7.33. The molecule has 114 valence electrons. The number of nitrogens with zero attached hydrogens (tertiary/aromatic N) is 4. The summed E-state index contributed by atoms with van der Waals surface area (Å²) in [4.78, 5) is 6.48. The predicted octanol–water partition coefficient (Wildman–Crippen LogP) is 2.12. The molecule has 0 aliphatic carbocycles. The number of aromatic nitrogens is 3. The van der Waals surface area contributed by atoms with E-state index in [4.69, 9.17) is 5.73 Å². The van der Waals surface area contributed by atoms with Gasteiger partial charge in [-0.15, -0.1) is 0 Å². The summed E-state index contributed by atoms with van der Waals surface area (Å²) in [6, 6.07) is 4.39. The summed E-state index contributed by atoms with van der Waals surface area (Å²) in [6.07, 6.45) is 8.60. The standard InChI is InChI=1S/C16H25N5/c1-4-15(17)16(14-10-19-20(3)12-14)21(5-2)11-13-6-8-18-9-7-13/h6-10,12,15-16H,4-5,11,17H2,1-3H3. The first-order valence-electron chi connectivity index (χ1n) is 7.52. The van der Waals surface area contributed by atoms with Gasteiger partial charge in [-0.25, -0.2) is 0 Å². The van der Waals surface area contributed by atoms with Crippen LogP contribution in [0.2, 0.25) is 0 Å². The van der Waals surface area contributed by atoms with Crippen molar-refractivity contribution >= 4 is 0 Å². The molecule has 5 nitrogen and oxygen atoms in total. The normalized spacial score (nSPS) is 14.3. The molecule has 0 saturated carbocycles. The predicted molar refractivity (Wildman–Crippen MR) is 84.5 cm³/mol. The average Bonchev–Trinajstić information content (AvgIpc) is 2.93. The van der Waals surface area contributed by atoms with Gasteiger partial charge < -0.3 is 5.73 Å². The lowest BCUT2D eigenvalue weighted by atomic mass is 9.98. The van der Waals surface area contributed by atoms with Crippen molar-refractivity contribution in [2.45, 2.75) is 38.9 Å². The number of aryl methyl sites for hydroxylation is 1. The van der Waals surface area contributed by atoms with Gasteiger partial charge in [0.05, 0.1) is 12.2 Å². The van der Waals surface area contributed by atoms with Gasteiger partial charge in [-0.3, -0.25) is 14.6 Å². The van der Waals surface area contributed by atoms with Crippen LogP contribution < -0.4 is 5.73 Å². The summed E-state index contributed by atoms with van der Waals surface area (Å²) >= 11 is 0. The van der Waals surface area contributed by atoms with Gasteiger partial charge in [-0.1, -0.05) is 13.8 Å². The summed E-state index contributed by atoms with van der Waals surface area (Å²) < 4.78 is 1.84. The Labute approximate surface area is 126 Å². The highest BCUT2D eigenvalue weighted by atomic mass is 15.3. The molecule has 0 radical (unpaired) electrons. The number of rotatable bonds is 7. The second-order valence-corrected chi connectivity index (χ2v) is 5.38. The van der Waals surface area contributed by atoms with E-state index in [2.05, 4.69) is 47.2 Å². The Hall–Kier alpha value is -1.72. The molecular formula is C16H25N5. The van der Waals surface area contributed by atoms with Crippen molar-refractivity contribution in [1.82, 2.24) is 19.7 Å². The quantitative estimate of drug-likeness (QED) is 0.847. The van der Waals surface area contributed by atoms with E-state index >= 15 is 0 Å². The van der Waals surface area contributed by atoms with Crippen molar-refractivity contribution in [1.29, 1.82) is 0 Å². The van der Waals surface area contributed by atoms with E-state index in [1.54, 1.807) is 0 Å².